The molecule has 0 amide bonds. The molecule has 4 fully saturated rings. The minimum atomic E-state index is -5.11. The summed E-state index contributed by atoms with van der Waals surface area (Å²) >= 11 is 1.59. The van der Waals surface area contributed by atoms with Gasteiger partial charge in [0.1, 0.15) is 5.82 Å². The van der Waals surface area contributed by atoms with E-state index < -0.39 is 18.4 Å². The molecule has 168 valence electrons. The summed E-state index contributed by atoms with van der Waals surface area (Å²) in [5, 5.41) is 19.5. The average Bonchev–Trinajstić information content (AvgIpc) is 3.03. The Hall–Kier alpha value is -1.29. The first-order valence-electron chi connectivity index (χ1n) is 10.7. The monoisotopic (exact) mass is 447 g/mol. The lowest BCUT2D eigenvalue weighted by atomic mass is 9.49. The lowest BCUT2D eigenvalue weighted by molar-refractivity contribution is -0.220. The molecule has 10 heteroatoms. The Morgan fingerprint density at radius 2 is 1.83 bits per heavy atom. The molecule has 0 radical (unpaired) electrons. The summed E-state index contributed by atoms with van der Waals surface area (Å²) in [6.07, 6.45) is 0.783. The van der Waals surface area contributed by atoms with Crippen molar-refractivity contribution in [2.24, 2.45) is 17.8 Å². The Bertz CT molecular complexity index is 748. The number of rotatable bonds is 8. The second-order valence-electron chi connectivity index (χ2n) is 9.09. The molecule has 1 unspecified atom stereocenters. The molecule has 4 bridgehead atoms. The zero-order valence-corrected chi connectivity index (χ0v) is 17.8. The molecule has 1 aromatic heterocycles. The van der Waals surface area contributed by atoms with Crippen LogP contribution in [0.15, 0.2) is 5.16 Å². The number of ether oxygens (including phenoxy) is 1. The largest absolute Gasteiger partial charge is 0.491 e. The van der Waals surface area contributed by atoms with E-state index in [1.165, 1.54) is 19.3 Å². The van der Waals surface area contributed by atoms with Crippen molar-refractivity contribution in [3.05, 3.63) is 5.82 Å². The minimum absolute atomic E-state index is 0.0513. The number of thioether (sulfide) groups is 1. The van der Waals surface area contributed by atoms with Crippen LogP contribution in [0.5, 0.6) is 0 Å². The molecule has 1 atom stereocenters. The van der Waals surface area contributed by atoms with Gasteiger partial charge in [-0.15, -0.1) is 10.2 Å². The zero-order chi connectivity index (χ0) is 21.5. The van der Waals surface area contributed by atoms with Crippen molar-refractivity contribution in [1.82, 2.24) is 14.8 Å². The minimum Gasteiger partial charge on any atom is -0.429 e. The van der Waals surface area contributed by atoms with Crippen molar-refractivity contribution < 1.29 is 27.8 Å². The van der Waals surface area contributed by atoms with Crippen LogP contribution >= 0.6 is 11.8 Å². The number of hydrogen-bond acceptors (Lipinski definition) is 6. The number of alkyl halides is 3. The second-order valence-corrected chi connectivity index (χ2v) is 10.3. The van der Waals surface area contributed by atoms with Crippen molar-refractivity contribution >= 4 is 17.7 Å². The van der Waals surface area contributed by atoms with Crippen LogP contribution in [-0.4, -0.2) is 44.1 Å². The van der Waals surface area contributed by atoms with Crippen LogP contribution in [0.2, 0.25) is 0 Å². The molecule has 4 saturated carbocycles. The number of aromatic nitrogens is 3. The smallest absolute Gasteiger partial charge is 0.429 e. The molecule has 0 spiro atoms. The summed E-state index contributed by atoms with van der Waals surface area (Å²) in [6.45, 7) is 2.52. The maximum absolute atomic E-state index is 12.3. The SMILES string of the molecule is CCSc1nnc(C23CC4CC(CC(C4)C2)C3)n1CCCC(O)OC(=O)C(F)(F)F. The number of hydrogen-bond donors (Lipinski definition) is 1. The highest BCUT2D eigenvalue weighted by Gasteiger charge is 2.54. The maximum atomic E-state index is 12.3. The Kier molecular flexibility index (Phi) is 6.09. The lowest BCUT2D eigenvalue weighted by Gasteiger charge is -2.56. The number of esters is 1. The topological polar surface area (TPSA) is 77.2 Å². The van der Waals surface area contributed by atoms with Crippen molar-refractivity contribution in [3.8, 4) is 0 Å². The third-order valence-electron chi connectivity index (χ3n) is 6.81. The van der Waals surface area contributed by atoms with Crippen LogP contribution in [0.4, 0.5) is 13.2 Å². The van der Waals surface area contributed by atoms with Gasteiger partial charge in [0.15, 0.2) is 5.16 Å². The van der Waals surface area contributed by atoms with E-state index in [9.17, 15) is 23.1 Å². The van der Waals surface area contributed by atoms with Gasteiger partial charge in [-0.2, -0.15) is 13.2 Å². The van der Waals surface area contributed by atoms with E-state index >= 15 is 0 Å². The predicted octanol–water partition coefficient (Wildman–Crippen LogP) is 4.06. The van der Waals surface area contributed by atoms with Gasteiger partial charge in [-0.1, -0.05) is 18.7 Å². The number of nitrogens with zero attached hydrogens (tertiary/aromatic N) is 3. The average molecular weight is 448 g/mol. The fourth-order valence-electron chi connectivity index (χ4n) is 6.18. The Labute approximate surface area is 177 Å². The predicted molar refractivity (Wildman–Crippen MR) is 104 cm³/mol. The van der Waals surface area contributed by atoms with Gasteiger partial charge in [-0.3, -0.25) is 0 Å². The molecule has 30 heavy (non-hydrogen) atoms. The van der Waals surface area contributed by atoms with Gasteiger partial charge in [-0.25, -0.2) is 4.79 Å². The van der Waals surface area contributed by atoms with E-state index in [-0.39, 0.29) is 11.8 Å². The van der Waals surface area contributed by atoms with E-state index in [0.717, 1.165) is 53.7 Å². The first-order chi connectivity index (χ1) is 14.2. The van der Waals surface area contributed by atoms with Gasteiger partial charge in [0.05, 0.1) is 0 Å². The van der Waals surface area contributed by atoms with Crippen molar-refractivity contribution in [1.29, 1.82) is 0 Å². The fourth-order valence-corrected chi connectivity index (χ4v) is 6.87. The van der Waals surface area contributed by atoms with Gasteiger partial charge in [0, 0.05) is 18.4 Å². The summed E-state index contributed by atoms with van der Waals surface area (Å²) < 4.78 is 43.1. The normalized spacial score (nSPS) is 31.2. The van der Waals surface area contributed by atoms with Crippen molar-refractivity contribution in [3.63, 3.8) is 0 Å². The van der Waals surface area contributed by atoms with E-state index in [1.54, 1.807) is 11.8 Å². The van der Waals surface area contributed by atoms with Crippen LogP contribution in [0.3, 0.4) is 0 Å². The van der Waals surface area contributed by atoms with E-state index in [4.69, 9.17) is 0 Å². The summed E-state index contributed by atoms with van der Waals surface area (Å²) in [7, 11) is 0. The quantitative estimate of drug-likeness (QED) is 0.368. The number of aliphatic hydroxyl groups is 1. The van der Waals surface area contributed by atoms with Gasteiger partial charge in [0.2, 0.25) is 6.29 Å². The van der Waals surface area contributed by atoms with Gasteiger partial charge in [0.25, 0.3) is 0 Å². The molecule has 1 heterocycles. The third kappa shape index (κ3) is 4.35. The summed E-state index contributed by atoms with van der Waals surface area (Å²) in [5.74, 6) is 1.74. The molecule has 4 aliphatic carbocycles. The van der Waals surface area contributed by atoms with Crippen LogP contribution in [0.1, 0.15) is 64.1 Å². The highest BCUT2D eigenvalue weighted by atomic mass is 32.2. The summed E-state index contributed by atoms with van der Waals surface area (Å²) in [6, 6.07) is 0. The molecule has 1 aromatic rings. The summed E-state index contributed by atoms with van der Waals surface area (Å²) in [4.78, 5) is 10.9. The highest BCUT2D eigenvalue weighted by molar-refractivity contribution is 7.99. The number of halogens is 3. The van der Waals surface area contributed by atoms with Gasteiger partial charge in [-0.05, 0) is 68.5 Å². The molecule has 6 nitrogen and oxygen atoms in total. The Morgan fingerprint density at radius 1 is 1.23 bits per heavy atom. The van der Waals surface area contributed by atoms with Crippen molar-refractivity contribution in [2.75, 3.05) is 5.75 Å². The van der Waals surface area contributed by atoms with Crippen molar-refractivity contribution in [2.45, 2.75) is 87.9 Å². The number of aliphatic hydroxyl groups excluding tert-OH is 1. The van der Waals surface area contributed by atoms with E-state index in [2.05, 4.69) is 19.5 Å². The molecule has 0 saturated heterocycles. The summed E-state index contributed by atoms with van der Waals surface area (Å²) in [5.41, 5.74) is 0.0513. The molecule has 4 aliphatic rings. The first kappa shape index (κ1) is 21.9. The lowest BCUT2D eigenvalue weighted by Crippen LogP contribution is -2.49. The van der Waals surface area contributed by atoms with Crippen LogP contribution in [-0.2, 0) is 21.5 Å². The Morgan fingerprint density at radius 3 is 2.37 bits per heavy atom. The number of carbonyl (C=O) groups excluding carboxylic acids is 1. The van der Waals surface area contributed by atoms with E-state index in [1.807, 2.05) is 6.92 Å². The fraction of sp³-hybridized carbons (Fsp3) is 0.850. The molecule has 0 aromatic carbocycles. The standard InChI is InChI=1S/C20H28F3N3O3S/c1-2-30-18-25-24-16(19-9-12-6-13(10-19)8-14(7-12)11-19)26(18)5-3-4-15(27)29-17(28)20(21,22)23/h12-15,27H,2-11H2,1H3. The van der Waals surface area contributed by atoms with E-state index in [0.29, 0.717) is 13.0 Å². The van der Waals surface area contributed by atoms with Crippen LogP contribution < -0.4 is 0 Å². The zero-order valence-electron chi connectivity index (χ0n) is 17.0. The molecule has 1 N–H and O–H groups in total. The van der Waals surface area contributed by atoms with Gasteiger partial charge >= 0.3 is 12.1 Å². The Balaban J connectivity index is 1.45. The molecule has 0 aliphatic heterocycles. The third-order valence-corrected chi connectivity index (χ3v) is 7.66. The second kappa shape index (κ2) is 8.33. The maximum Gasteiger partial charge on any atom is 0.491 e. The van der Waals surface area contributed by atoms with Crippen LogP contribution in [0.25, 0.3) is 0 Å². The number of carbonyl (C=O) groups is 1. The first-order valence-corrected chi connectivity index (χ1v) is 11.7. The molecular weight excluding hydrogens is 419 g/mol. The van der Waals surface area contributed by atoms with Crippen LogP contribution in [0, 0.1) is 17.8 Å². The molecule has 5 rings (SSSR count). The highest BCUT2D eigenvalue weighted by Crippen LogP contribution is 2.60. The van der Waals surface area contributed by atoms with Gasteiger partial charge < -0.3 is 14.4 Å². The molecular formula is C20H28F3N3O3S.